The molecule has 1 aliphatic heterocycles. The van der Waals surface area contributed by atoms with Crippen LogP contribution in [0.3, 0.4) is 0 Å². The highest BCUT2D eigenvalue weighted by molar-refractivity contribution is 4.93. The molecule has 4 nitrogen and oxygen atoms in total. The molecule has 0 amide bonds. The second-order valence-electron chi connectivity index (χ2n) is 3.95. The van der Waals surface area contributed by atoms with Crippen LogP contribution in [0.15, 0.2) is 12.7 Å². The smallest absolute Gasteiger partial charge is 0.164 e. The molecule has 1 aliphatic rings. The molecule has 0 aliphatic carbocycles. The Labute approximate surface area is 84.1 Å². The maximum Gasteiger partial charge on any atom is 0.164 e. The van der Waals surface area contributed by atoms with Gasteiger partial charge in [-0.1, -0.05) is 6.08 Å². The molecule has 0 saturated carbocycles. The number of hydrogen-bond donors (Lipinski definition) is 2. The first kappa shape index (κ1) is 11.7. The lowest BCUT2D eigenvalue weighted by molar-refractivity contribution is -0.145. The number of ether oxygens (including phenoxy) is 2. The Morgan fingerprint density at radius 3 is 2.64 bits per heavy atom. The van der Waals surface area contributed by atoms with Gasteiger partial charge in [-0.3, -0.25) is 0 Å². The average Bonchev–Trinajstić information content (AvgIpc) is 2.40. The van der Waals surface area contributed by atoms with Crippen molar-refractivity contribution in [3.8, 4) is 0 Å². The van der Waals surface area contributed by atoms with E-state index in [1.165, 1.54) is 0 Å². The lowest BCUT2D eigenvalue weighted by atomic mass is 10.1. The Bertz CT molecular complexity index is 202. The molecule has 0 radical (unpaired) electrons. The molecule has 0 unspecified atom stereocenters. The molecule has 1 rings (SSSR count). The Hall–Kier alpha value is -0.420. The summed E-state index contributed by atoms with van der Waals surface area (Å²) in [6, 6.07) is 0. The molecule has 1 heterocycles. The van der Waals surface area contributed by atoms with Crippen LogP contribution in [0, 0.1) is 0 Å². The van der Waals surface area contributed by atoms with E-state index in [1.807, 2.05) is 13.8 Å². The number of hydrogen-bond acceptors (Lipinski definition) is 4. The van der Waals surface area contributed by atoms with Gasteiger partial charge in [0.05, 0.1) is 18.8 Å². The van der Waals surface area contributed by atoms with Gasteiger partial charge in [0.25, 0.3) is 0 Å². The van der Waals surface area contributed by atoms with Crippen LogP contribution in [-0.4, -0.2) is 40.9 Å². The summed E-state index contributed by atoms with van der Waals surface area (Å²) in [6.45, 7) is 7.01. The van der Waals surface area contributed by atoms with Crippen molar-refractivity contribution < 1.29 is 19.7 Å². The summed E-state index contributed by atoms with van der Waals surface area (Å²) >= 11 is 0. The zero-order valence-corrected chi connectivity index (χ0v) is 8.64. The predicted molar refractivity (Wildman–Crippen MR) is 51.7 cm³/mol. The predicted octanol–water partition coefficient (Wildman–Crippen LogP) is 0.436. The molecule has 14 heavy (non-hydrogen) atoms. The molecule has 0 aromatic rings. The van der Waals surface area contributed by atoms with Crippen molar-refractivity contribution in [2.75, 3.05) is 6.61 Å². The molecular weight excluding hydrogens is 184 g/mol. The fraction of sp³-hybridized carbons (Fsp3) is 0.800. The van der Waals surface area contributed by atoms with Crippen molar-refractivity contribution in [3.05, 3.63) is 12.7 Å². The van der Waals surface area contributed by atoms with Gasteiger partial charge in [0.15, 0.2) is 5.79 Å². The Morgan fingerprint density at radius 2 is 2.14 bits per heavy atom. The van der Waals surface area contributed by atoms with Crippen LogP contribution < -0.4 is 0 Å². The minimum absolute atomic E-state index is 0.216. The van der Waals surface area contributed by atoms with Crippen molar-refractivity contribution >= 4 is 0 Å². The van der Waals surface area contributed by atoms with Gasteiger partial charge in [-0.25, -0.2) is 0 Å². The van der Waals surface area contributed by atoms with Gasteiger partial charge >= 0.3 is 0 Å². The van der Waals surface area contributed by atoms with Crippen molar-refractivity contribution in [2.45, 2.75) is 44.4 Å². The lowest BCUT2D eigenvalue weighted by Crippen LogP contribution is -2.28. The van der Waals surface area contributed by atoms with Gasteiger partial charge < -0.3 is 19.7 Å². The van der Waals surface area contributed by atoms with E-state index in [-0.39, 0.29) is 18.8 Å². The van der Waals surface area contributed by atoms with Crippen LogP contribution in [0.1, 0.15) is 20.3 Å². The van der Waals surface area contributed by atoms with Crippen LogP contribution in [0.25, 0.3) is 0 Å². The molecule has 0 aromatic carbocycles. The third kappa shape index (κ3) is 2.78. The molecule has 1 saturated heterocycles. The highest BCUT2D eigenvalue weighted by Gasteiger charge is 2.40. The molecule has 0 bridgehead atoms. The summed E-state index contributed by atoms with van der Waals surface area (Å²) in [4.78, 5) is 0. The number of rotatable bonds is 4. The fourth-order valence-corrected chi connectivity index (χ4v) is 1.59. The SMILES string of the molecule is C=C[C@@H]1OC(C)(C)O[C@H]1C[C@H](O)CO. The van der Waals surface area contributed by atoms with Crippen molar-refractivity contribution in [1.82, 2.24) is 0 Å². The van der Waals surface area contributed by atoms with E-state index in [0.717, 1.165) is 0 Å². The molecule has 3 atom stereocenters. The molecule has 2 N–H and O–H groups in total. The first-order valence-electron chi connectivity index (χ1n) is 4.75. The summed E-state index contributed by atoms with van der Waals surface area (Å²) in [6.07, 6.45) is 0.802. The third-order valence-electron chi connectivity index (χ3n) is 2.17. The van der Waals surface area contributed by atoms with Crippen molar-refractivity contribution in [1.29, 1.82) is 0 Å². The van der Waals surface area contributed by atoms with E-state index in [1.54, 1.807) is 6.08 Å². The van der Waals surface area contributed by atoms with Gasteiger partial charge in [-0.15, -0.1) is 6.58 Å². The molecule has 1 fully saturated rings. The quantitative estimate of drug-likeness (QED) is 0.649. The van der Waals surface area contributed by atoms with E-state index in [0.29, 0.717) is 6.42 Å². The maximum atomic E-state index is 9.28. The molecular formula is C10H18O4. The Balaban J connectivity index is 2.55. The average molecular weight is 202 g/mol. The minimum Gasteiger partial charge on any atom is -0.394 e. The third-order valence-corrected chi connectivity index (χ3v) is 2.17. The summed E-state index contributed by atoms with van der Waals surface area (Å²) in [5.41, 5.74) is 0. The molecule has 82 valence electrons. The van der Waals surface area contributed by atoms with Crippen LogP contribution in [0.4, 0.5) is 0 Å². The zero-order chi connectivity index (χ0) is 10.8. The van der Waals surface area contributed by atoms with Gasteiger partial charge in [0, 0.05) is 6.42 Å². The van der Waals surface area contributed by atoms with Crippen LogP contribution in [0.2, 0.25) is 0 Å². The van der Waals surface area contributed by atoms with E-state index < -0.39 is 11.9 Å². The second kappa shape index (κ2) is 4.40. The molecule has 0 aromatic heterocycles. The summed E-state index contributed by atoms with van der Waals surface area (Å²) < 4.78 is 11.1. The first-order valence-corrected chi connectivity index (χ1v) is 4.75. The highest BCUT2D eigenvalue weighted by atomic mass is 16.7. The van der Waals surface area contributed by atoms with Crippen molar-refractivity contribution in [2.24, 2.45) is 0 Å². The van der Waals surface area contributed by atoms with E-state index in [4.69, 9.17) is 14.6 Å². The zero-order valence-electron chi connectivity index (χ0n) is 8.64. The van der Waals surface area contributed by atoms with E-state index in [9.17, 15) is 5.11 Å². The van der Waals surface area contributed by atoms with Crippen molar-refractivity contribution in [3.63, 3.8) is 0 Å². The minimum atomic E-state index is -0.764. The van der Waals surface area contributed by atoms with E-state index in [2.05, 4.69) is 6.58 Å². The Kier molecular flexibility index (Phi) is 3.66. The van der Waals surface area contributed by atoms with Gasteiger partial charge in [-0.2, -0.15) is 0 Å². The Morgan fingerprint density at radius 1 is 1.50 bits per heavy atom. The number of aliphatic hydroxyl groups excluding tert-OH is 2. The van der Waals surface area contributed by atoms with E-state index >= 15 is 0 Å². The van der Waals surface area contributed by atoms with Gasteiger partial charge in [0.2, 0.25) is 0 Å². The number of aliphatic hydroxyl groups is 2. The summed E-state index contributed by atoms with van der Waals surface area (Å²) in [5.74, 6) is -0.640. The first-order chi connectivity index (χ1) is 6.48. The lowest BCUT2D eigenvalue weighted by Gasteiger charge is -2.18. The summed E-state index contributed by atoms with van der Waals surface area (Å²) in [5, 5.41) is 18.0. The maximum absolute atomic E-state index is 9.28. The monoisotopic (exact) mass is 202 g/mol. The fourth-order valence-electron chi connectivity index (χ4n) is 1.59. The molecule has 4 heteroatoms. The van der Waals surface area contributed by atoms with Gasteiger partial charge in [-0.05, 0) is 13.8 Å². The molecule has 0 spiro atoms. The highest BCUT2D eigenvalue weighted by Crippen LogP contribution is 2.30. The second-order valence-corrected chi connectivity index (χ2v) is 3.95. The van der Waals surface area contributed by atoms with Gasteiger partial charge in [0.1, 0.15) is 6.10 Å². The standard InChI is InChI=1S/C10H18O4/c1-4-8-9(5-7(12)6-11)14-10(2,3)13-8/h4,7-9,11-12H,1,5-6H2,2-3H3/t7-,8-,9-/m0/s1. The largest absolute Gasteiger partial charge is 0.394 e. The van der Waals surface area contributed by atoms with Crippen LogP contribution in [0.5, 0.6) is 0 Å². The normalized spacial score (nSPS) is 32.9. The van der Waals surface area contributed by atoms with Crippen LogP contribution >= 0.6 is 0 Å². The van der Waals surface area contributed by atoms with Crippen LogP contribution in [-0.2, 0) is 9.47 Å². The summed E-state index contributed by atoms with van der Waals surface area (Å²) in [7, 11) is 0. The topological polar surface area (TPSA) is 58.9 Å².